The van der Waals surface area contributed by atoms with Gasteiger partial charge in [0.15, 0.2) is 6.10 Å². The lowest BCUT2D eigenvalue weighted by molar-refractivity contribution is -1.01. The summed E-state index contributed by atoms with van der Waals surface area (Å²) in [4.78, 5) is 4.86. The predicted molar refractivity (Wildman–Crippen MR) is 111 cm³/mol. The standard InChI is InChI=1S/C23H34N4O/c1-17-6-7-21-20(14-17)19-4-3-5-22-23(19)27(21)13-12-26(22)16-18(28)15-25-10-8-24(2)9-11-25/h6-7,14,18,22,28H,3-5,8-13,15-16H2,1-2H3/p+3/t18-,22-/m1/s1. The third-order valence-electron chi connectivity index (χ3n) is 7.60. The van der Waals surface area contributed by atoms with Gasteiger partial charge in [-0.15, -0.1) is 0 Å². The Morgan fingerprint density at radius 1 is 1.14 bits per heavy atom. The SMILES string of the molecule is Cc1ccc2c(c1)c1c3n2CC[NH+](C[C@H](O)C[NH+]2CC[NH+](C)CC2)[C@@H]3CCC1. The Morgan fingerprint density at radius 2 is 1.96 bits per heavy atom. The number of hydrogen-bond acceptors (Lipinski definition) is 1. The highest BCUT2D eigenvalue weighted by Gasteiger charge is 2.39. The maximum absolute atomic E-state index is 10.9. The summed E-state index contributed by atoms with van der Waals surface area (Å²) in [5.74, 6) is 0. The molecular weight excluding hydrogens is 348 g/mol. The minimum absolute atomic E-state index is 0.174. The molecule has 3 heterocycles. The molecule has 5 heteroatoms. The molecule has 28 heavy (non-hydrogen) atoms. The highest BCUT2D eigenvalue weighted by Crippen LogP contribution is 2.37. The van der Waals surface area contributed by atoms with Gasteiger partial charge in [0, 0.05) is 17.3 Å². The Balaban J connectivity index is 1.34. The van der Waals surface area contributed by atoms with Crippen LogP contribution < -0.4 is 14.7 Å². The fourth-order valence-corrected chi connectivity index (χ4v) is 6.09. The Bertz CT molecular complexity index is 852. The van der Waals surface area contributed by atoms with Crippen LogP contribution in [0, 0.1) is 6.92 Å². The van der Waals surface area contributed by atoms with Crippen LogP contribution in [-0.4, -0.2) is 68.6 Å². The molecular formula is C23H37N4O+3. The number of aromatic nitrogens is 1. The minimum Gasteiger partial charge on any atom is -0.382 e. The fraction of sp³-hybridized carbons (Fsp3) is 0.652. The van der Waals surface area contributed by atoms with Crippen LogP contribution in [0.25, 0.3) is 10.9 Å². The number of hydrogen-bond donors (Lipinski definition) is 4. The van der Waals surface area contributed by atoms with Crippen molar-refractivity contribution in [3.8, 4) is 0 Å². The molecule has 152 valence electrons. The van der Waals surface area contributed by atoms with E-state index in [1.165, 1.54) is 61.9 Å². The summed E-state index contributed by atoms with van der Waals surface area (Å²) in [7, 11) is 2.28. The van der Waals surface area contributed by atoms with Crippen molar-refractivity contribution in [2.45, 2.75) is 44.9 Å². The van der Waals surface area contributed by atoms with Crippen LogP contribution in [0.3, 0.4) is 0 Å². The highest BCUT2D eigenvalue weighted by molar-refractivity contribution is 5.86. The lowest BCUT2D eigenvalue weighted by atomic mass is 9.89. The average Bonchev–Trinajstić information content (AvgIpc) is 3.00. The lowest BCUT2D eigenvalue weighted by Crippen LogP contribution is -3.27. The van der Waals surface area contributed by atoms with E-state index < -0.39 is 0 Å². The number of fused-ring (bicyclic) bond motifs is 3. The molecule has 3 atom stereocenters. The van der Waals surface area contributed by atoms with Gasteiger partial charge in [-0.05, 0) is 37.5 Å². The second-order valence-corrected chi connectivity index (χ2v) is 9.66. The molecule has 1 aromatic heterocycles. The first-order chi connectivity index (χ1) is 13.6. The highest BCUT2D eigenvalue weighted by atomic mass is 16.3. The van der Waals surface area contributed by atoms with Crippen molar-refractivity contribution in [2.24, 2.45) is 0 Å². The van der Waals surface area contributed by atoms with Crippen molar-refractivity contribution in [3.05, 3.63) is 35.0 Å². The maximum atomic E-state index is 10.9. The van der Waals surface area contributed by atoms with E-state index >= 15 is 0 Å². The van der Waals surface area contributed by atoms with Gasteiger partial charge in [0.2, 0.25) is 0 Å². The zero-order chi connectivity index (χ0) is 19.3. The van der Waals surface area contributed by atoms with Crippen LogP contribution in [0.15, 0.2) is 18.2 Å². The summed E-state index contributed by atoms with van der Waals surface area (Å²) in [6, 6.07) is 7.56. The van der Waals surface area contributed by atoms with Crippen LogP contribution in [0.2, 0.25) is 0 Å². The van der Waals surface area contributed by atoms with Gasteiger partial charge in [-0.3, -0.25) is 0 Å². The predicted octanol–water partition coefficient (Wildman–Crippen LogP) is -2.00. The zero-order valence-corrected chi connectivity index (χ0v) is 17.6. The van der Waals surface area contributed by atoms with Crippen LogP contribution in [0.5, 0.6) is 0 Å². The van der Waals surface area contributed by atoms with Crippen molar-refractivity contribution in [3.63, 3.8) is 0 Å². The van der Waals surface area contributed by atoms with Gasteiger partial charge >= 0.3 is 0 Å². The molecule has 1 unspecified atom stereocenters. The van der Waals surface area contributed by atoms with E-state index in [1.54, 1.807) is 26.0 Å². The second kappa shape index (κ2) is 7.45. The quantitative estimate of drug-likeness (QED) is 0.483. The van der Waals surface area contributed by atoms with E-state index in [0.717, 1.165) is 26.2 Å². The first kappa shape index (κ1) is 18.6. The van der Waals surface area contributed by atoms with Gasteiger partial charge in [0.05, 0.1) is 25.8 Å². The monoisotopic (exact) mass is 385 g/mol. The van der Waals surface area contributed by atoms with Crippen molar-refractivity contribution in [2.75, 3.05) is 52.9 Å². The molecule has 5 nitrogen and oxygen atoms in total. The van der Waals surface area contributed by atoms with E-state index in [4.69, 9.17) is 0 Å². The van der Waals surface area contributed by atoms with Crippen molar-refractivity contribution in [1.82, 2.24) is 4.57 Å². The molecule has 3 aliphatic rings. The average molecular weight is 386 g/mol. The number of likely N-dealkylation sites (N-methyl/N-ethyl adjacent to an activating group) is 1. The number of quaternary nitrogens is 3. The lowest BCUT2D eigenvalue weighted by Gasteiger charge is -2.38. The smallest absolute Gasteiger partial charge is 0.152 e. The number of nitrogens with zero attached hydrogens (tertiary/aromatic N) is 1. The number of aliphatic hydroxyl groups is 1. The van der Waals surface area contributed by atoms with Crippen molar-refractivity contribution < 1.29 is 19.8 Å². The first-order valence-electron chi connectivity index (χ1n) is 11.4. The molecule has 0 bridgehead atoms. The molecule has 1 saturated heterocycles. The summed E-state index contributed by atoms with van der Waals surface area (Å²) < 4.78 is 2.61. The van der Waals surface area contributed by atoms with Crippen molar-refractivity contribution in [1.29, 1.82) is 0 Å². The van der Waals surface area contributed by atoms with Crippen LogP contribution in [0.1, 0.15) is 35.7 Å². The summed E-state index contributed by atoms with van der Waals surface area (Å²) >= 11 is 0. The van der Waals surface area contributed by atoms with Crippen LogP contribution in [0.4, 0.5) is 0 Å². The van der Waals surface area contributed by atoms with Crippen molar-refractivity contribution >= 4 is 10.9 Å². The largest absolute Gasteiger partial charge is 0.382 e. The molecule has 2 aliphatic heterocycles. The van der Waals surface area contributed by atoms with E-state index in [2.05, 4.69) is 36.7 Å². The van der Waals surface area contributed by atoms with Gasteiger partial charge in [-0.2, -0.15) is 0 Å². The van der Waals surface area contributed by atoms with E-state index in [0.29, 0.717) is 6.04 Å². The van der Waals surface area contributed by atoms with Gasteiger partial charge in [0.1, 0.15) is 45.3 Å². The molecule has 0 spiro atoms. The number of aliphatic hydroxyl groups excluding tert-OH is 1. The molecule has 1 fully saturated rings. The third-order valence-corrected chi connectivity index (χ3v) is 7.60. The number of nitrogens with one attached hydrogen (secondary N) is 3. The molecule has 1 aromatic carbocycles. The zero-order valence-electron chi connectivity index (χ0n) is 17.6. The number of aryl methyl sites for hydroxylation is 2. The van der Waals surface area contributed by atoms with E-state index in [9.17, 15) is 5.11 Å². The van der Waals surface area contributed by atoms with Gasteiger partial charge < -0.3 is 24.4 Å². The van der Waals surface area contributed by atoms with E-state index in [-0.39, 0.29) is 6.10 Å². The molecule has 4 N–H and O–H groups in total. The maximum Gasteiger partial charge on any atom is 0.152 e. The summed E-state index contributed by atoms with van der Waals surface area (Å²) in [6.07, 6.45) is 3.61. The van der Waals surface area contributed by atoms with Crippen LogP contribution in [-0.2, 0) is 13.0 Å². The number of piperazine rings is 1. The molecule has 0 amide bonds. The third kappa shape index (κ3) is 3.28. The molecule has 0 radical (unpaired) electrons. The number of rotatable bonds is 4. The summed E-state index contributed by atoms with van der Waals surface area (Å²) in [5.41, 5.74) is 6.00. The Kier molecular flexibility index (Phi) is 4.95. The van der Waals surface area contributed by atoms with Gasteiger partial charge in [-0.25, -0.2) is 0 Å². The molecule has 0 saturated carbocycles. The molecule has 5 rings (SSSR count). The molecule has 1 aliphatic carbocycles. The first-order valence-corrected chi connectivity index (χ1v) is 11.4. The van der Waals surface area contributed by atoms with E-state index in [1.807, 2.05) is 0 Å². The Hall–Kier alpha value is -1.40. The Labute approximate surface area is 168 Å². The summed E-state index contributed by atoms with van der Waals surface area (Å²) in [6.45, 7) is 11.2. The molecule has 2 aromatic rings. The van der Waals surface area contributed by atoms with Crippen LogP contribution >= 0.6 is 0 Å². The second-order valence-electron chi connectivity index (χ2n) is 9.66. The van der Waals surface area contributed by atoms with Gasteiger partial charge in [-0.1, -0.05) is 11.6 Å². The summed E-state index contributed by atoms with van der Waals surface area (Å²) in [5, 5.41) is 12.4. The van der Waals surface area contributed by atoms with Gasteiger partial charge in [0.25, 0.3) is 0 Å². The normalized spacial score (nSPS) is 31.0. The number of benzene rings is 1. The Morgan fingerprint density at radius 3 is 2.79 bits per heavy atom. The topological polar surface area (TPSA) is 38.5 Å². The fourth-order valence-electron chi connectivity index (χ4n) is 6.09. The minimum atomic E-state index is -0.174.